The molecule has 2 heterocycles. The fourth-order valence-corrected chi connectivity index (χ4v) is 4.37. The molecule has 2 aliphatic rings. The van der Waals surface area contributed by atoms with Crippen LogP contribution >= 0.6 is 11.8 Å². The van der Waals surface area contributed by atoms with Crippen molar-refractivity contribution in [2.24, 2.45) is 0 Å². The molecule has 2 N–H and O–H groups in total. The Morgan fingerprint density at radius 1 is 1.22 bits per heavy atom. The molecule has 0 saturated carbocycles. The standard InChI is InChI=1S/C18H17FN2OS/c19-17-13-7-8-20-10-12(13)5-6-14(17)21-18(22)16-9-11-3-1-2-4-15(11)23-16/h1-6,16,20H,7-10H2,(H,21,22). The van der Waals surface area contributed by atoms with Crippen LogP contribution in [0.4, 0.5) is 10.1 Å². The molecule has 2 aliphatic heterocycles. The lowest BCUT2D eigenvalue weighted by molar-refractivity contribution is -0.115. The van der Waals surface area contributed by atoms with E-state index in [2.05, 4.69) is 10.6 Å². The van der Waals surface area contributed by atoms with Crippen LogP contribution in [0.25, 0.3) is 0 Å². The van der Waals surface area contributed by atoms with E-state index in [4.69, 9.17) is 0 Å². The number of carbonyl (C=O) groups excluding carboxylic acids is 1. The van der Waals surface area contributed by atoms with Gasteiger partial charge in [0.25, 0.3) is 0 Å². The van der Waals surface area contributed by atoms with Gasteiger partial charge in [0.1, 0.15) is 5.82 Å². The second kappa shape index (κ2) is 5.98. The minimum atomic E-state index is -0.280. The predicted molar refractivity (Wildman–Crippen MR) is 90.2 cm³/mol. The van der Waals surface area contributed by atoms with E-state index >= 15 is 0 Å². The van der Waals surface area contributed by atoms with E-state index in [1.165, 1.54) is 5.56 Å². The second-order valence-corrected chi connectivity index (χ2v) is 7.14. The summed E-state index contributed by atoms with van der Waals surface area (Å²) in [5.74, 6) is -0.406. The van der Waals surface area contributed by atoms with E-state index in [0.29, 0.717) is 25.1 Å². The Morgan fingerprint density at radius 3 is 2.96 bits per heavy atom. The van der Waals surface area contributed by atoms with Crippen molar-refractivity contribution in [1.29, 1.82) is 0 Å². The smallest absolute Gasteiger partial charge is 0.238 e. The normalized spacial score (nSPS) is 19.1. The lowest BCUT2D eigenvalue weighted by Gasteiger charge is -2.20. The summed E-state index contributed by atoms with van der Waals surface area (Å²) in [5, 5.41) is 5.82. The monoisotopic (exact) mass is 328 g/mol. The van der Waals surface area contributed by atoms with Crippen LogP contribution in [0.5, 0.6) is 0 Å². The summed E-state index contributed by atoms with van der Waals surface area (Å²) in [4.78, 5) is 13.6. The molecule has 1 unspecified atom stereocenters. The zero-order valence-corrected chi connectivity index (χ0v) is 13.4. The number of halogens is 1. The number of thioether (sulfide) groups is 1. The summed E-state index contributed by atoms with van der Waals surface area (Å²) in [6.45, 7) is 1.46. The maximum atomic E-state index is 14.6. The number of carbonyl (C=O) groups is 1. The first-order valence-corrected chi connectivity index (χ1v) is 8.67. The van der Waals surface area contributed by atoms with Gasteiger partial charge in [-0.2, -0.15) is 0 Å². The fraction of sp³-hybridized carbons (Fsp3) is 0.278. The molecule has 2 aromatic rings. The van der Waals surface area contributed by atoms with Gasteiger partial charge < -0.3 is 10.6 Å². The average Bonchev–Trinajstić information content (AvgIpc) is 3.02. The molecular weight excluding hydrogens is 311 g/mol. The molecule has 0 spiro atoms. The van der Waals surface area contributed by atoms with Crippen molar-refractivity contribution in [2.45, 2.75) is 29.5 Å². The van der Waals surface area contributed by atoms with Gasteiger partial charge >= 0.3 is 0 Å². The molecule has 0 bridgehead atoms. The van der Waals surface area contributed by atoms with E-state index in [9.17, 15) is 9.18 Å². The molecule has 0 aromatic heterocycles. The number of hydrogen-bond acceptors (Lipinski definition) is 3. The summed E-state index contributed by atoms with van der Waals surface area (Å²) < 4.78 is 14.6. The molecule has 1 amide bonds. The minimum absolute atomic E-state index is 0.126. The van der Waals surface area contributed by atoms with E-state index in [0.717, 1.165) is 22.6 Å². The summed E-state index contributed by atoms with van der Waals surface area (Å²) in [5.41, 5.74) is 3.19. The Balaban J connectivity index is 1.52. The highest BCUT2D eigenvalue weighted by Crippen LogP contribution is 2.37. The first kappa shape index (κ1) is 14.7. The zero-order chi connectivity index (χ0) is 15.8. The maximum Gasteiger partial charge on any atom is 0.238 e. The summed E-state index contributed by atoms with van der Waals surface area (Å²) in [6.07, 6.45) is 1.36. The van der Waals surface area contributed by atoms with Crippen molar-refractivity contribution < 1.29 is 9.18 Å². The molecule has 2 aromatic carbocycles. The Labute approximate surface area is 138 Å². The van der Waals surface area contributed by atoms with Crippen molar-refractivity contribution in [3.05, 3.63) is 58.9 Å². The number of anilines is 1. The molecule has 0 fully saturated rings. The van der Waals surface area contributed by atoms with Crippen LogP contribution in [0.2, 0.25) is 0 Å². The maximum absolute atomic E-state index is 14.6. The van der Waals surface area contributed by atoms with Gasteiger partial charge in [-0.1, -0.05) is 24.3 Å². The van der Waals surface area contributed by atoms with Crippen LogP contribution in [0.15, 0.2) is 41.3 Å². The van der Waals surface area contributed by atoms with Crippen molar-refractivity contribution in [3.63, 3.8) is 0 Å². The van der Waals surface area contributed by atoms with E-state index in [-0.39, 0.29) is 17.0 Å². The highest BCUT2D eigenvalue weighted by Gasteiger charge is 2.29. The number of hydrogen-bond donors (Lipinski definition) is 2. The molecular formula is C18H17FN2OS. The Morgan fingerprint density at radius 2 is 2.09 bits per heavy atom. The van der Waals surface area contributed by atoms with Crippen LogP contribution < -0.4 is 10.6 Å². The Hall–Kier alpha value is -1.85. The lowest BCUT2D eigenvalue weighted by atomic mass is 9.99. The van der Waals surface area contributed by atoms with Gasteiger partial charge in [0.2, 0.25) is 5.91 Å². The van der Waals surface area contributed by atoms with Crippen LogP contribution in [0, 0.1) is 5.82 Å². The molecule has 4 rings (SSSR count). The minimum Gasteiger partial charge on any atom is -0.323 e. The Kier molecular flexibility index (Phi) is 3.83. The molecule has 3 nitrogen and oxygen atoms in total. The average molecular weight is 328 g/mol. The molecule has 0 radical (unpaired) electrons. The Bertz CT molecular complexity index is 753. The van der Waals surface area contributed by atoms with Crippen LogP contribution in [0.3, 0.4) is 0 Å². The van der Waals surface area contributed by atoms with Gasteiger partial charge in [-0.25, -0.2) is 4.39 Å². The van der Waals surface area contributed by atoms with Crippen molar-refractivity contribution in [3.8, 4) is 0 Å². The van der Waals surface area contributed by atoms with Crippen molar-refractivity contribution in [1.82, 2.24) is 5.32 Å². The van der Waals surface area contributed by atoms with Gasteiger partial charge in [0.15, 0.2) is 0 Å². The third-order valence-corrected chi connectivity index (χ3v) is 5.72. The van der Waals surface area contributed by atoms with E-state index < -0.39 is 0 Å². The van der Waals surface area contributed by atoms with Crippen LogP contribution in [-0.4, -0.2) is 17.7 Å². The van der Waals surface area contributed by atoms with Crippen LogP contribution in [0.1, 0.15) is 16.7 Å². The molecule has 118 valence electrons. The summed E-state index contributed by atoms with van der Waals surface area (Å²) >= 11 is 1.55. The van der Waals surface area contributed by atoms with Gasteiger partial charge in [-0.05, 0) is 48.2 Å². The van der Waals surface area contributed by atoms with Crippen molar-refractivity contribution in [2.75, 3.05) is 11.9 Å². The van der Waals surface area contributed by atoms with Crippen LogP contribution in [-0.2, 0) is 24.2 Å². The molecule has 0 aliphatic carbocycles. The van der Waals surface area contributed by atoms with Crippen molar-refractivity contribution >= 4 is 23.4 Å². The number of nitrogens with one attached hydrogen (secondary N) is 2. The highest BCUT2D eigenvalue weighted by atomic mass is 32.2. The first-order valence-electron chi connectivity index (χ1n) is 7.79. The number of fused-ring (bicyclic) bond motifs is 2. The molecule has 5 heteroatoms. The van der Waals surface area contributed by atoms with Gasteiger partial charge in [-0.3, -0.25) is 4.79 Å². The highest BCUT2D eigenvalue weighted by molar-refractivity contribution is 8.01. The second-order valence-electron chi connectivity index (χ2n) is 5.90. The summed E-state index contributed by atoms with van der Waals surface area (Å²) in [6, 6.07) is 11.6. The molecule has 1 atom stereocenters. The third-order valence-electron chi connectivity index (χ3n) is 4.40. The predicted octanol–water partition coefficient (Wildman–Crippen LogP) is 3.13. The number of rotatable bonds is 2. The summed E-state index contributed by atoms with van der Waals surface area (Å²) in [7, 11) is 0. The fourth-order valence-electron chi connectivity index (χ4n) is 3.17. The quantitative estimate of drug-likeness (QED) is 0.890. The van der Waals surface area contributed by atoms with Gasteiger partial charge in [0, 0.05) is 11.4 Å². The SMILES string of the molecule is O=C(Nc1ccc2c(c1F)CCNC2)C1Cc2ccccc2S1. The van der Waals surface area contributed by atoms with E-state index in [1.54, 1.807) is 17.8 Å². The molecule has 23 heavy (non-hydrogen) atoms. The number of amides is 1. The van der Waals surface area contributed by atoms with Gasteiger partial charge in [-0.15, -0.1) is 11.8 Å². The molecule has 0 saturated heterocycles. The third kappa shape index (κ3) is 2.75. The largest absolute Gasteiger partial charge is 0.323 e. The lowest BCUT2D eigenvalue weighted by Crippen LogP contribution is -2.27. The number of benzene rings is 2. The zero-order valence-electron chi connectivity index (χ0n) is 12.6. The first-order chi connectivity index (χ1) is 11.2. The van der Waals surface area contributed by atoms with E-state index in [1.807, 2.05) is 30.3 Å². The topological polar surface area (TPSA) is 41.1 Å². The van der Waals surface area contributed by atoms with Gasteiger partial charge in [0.05, 0.1) is 10.9 Å².